The number of hydrogen-bond donors (Lipinski definition) is 1. The molecule has 5 nitrogen and oxygen atoms in total. The summed E-state index contributed by atoms with van der Waals surface area (Å²) in [6.07, 6.45) is 0.908. The third kappa shape index (κ3) is 4.84. The summed E-state index contributed by atoms with van der Waals surface area (Å²) in [6.45, 7) is 2.52. The van der Waals surface area contributed by atoms with E-state index in [-0.39, 0.29) is 5.91 Å². The van der Waals surface area contributed by atoms with E-state index in [4.69, 9.17) is 4.74 Å². The average Bonchev–Trinajstić information content (AvgIpc) is 2.61. The summed E-state index contributed by atoms with van der Waals surface area (Å²) in [4.78, 5) is 23.6. The van der Waals surface area contributed by atoms with Gasteiger partial charge in [0.15, 0.2) is 0 Å². The predicted molar refractivity (Wildman–Crippen MR) is 92.3 cm³/mol. The van der Waals surface area contributed by atoms with Gasteiger partial charge >= 0.3 is 5.97 Å². The summed E-state index contributed by atoms with van der Waals surface area (Å²) >= 11 is 0. The lowest BCUT2D eigenvalue weighted by Gasteiger charge is -2.10. The summed E-state index contributed by atoms with van der Waals surface area (Å²) < 4.78 is 10.2. The highest BCUT2D eigenvalue weighted by molar-refractivity contribution is 5.94. The zero-order valence-electron chi connectivity index (χ0n) is 13.9. The number of amides is 1. The van der Waals surface area contributed by atoms with Crippen LogP contribution in [0.4, 0.5) is 5.69 Å². The molecular weight excluding hydrogens is 306 g/mol. The number of para-hydroxylation sites is 1. The number of methoxy groups -OCH3 is 1. The van der Waals surface area contributed by atoms with Gasteiger partial charge < -0.3 is 14.8 Å². The van der Waals surface area contributed by atoms with Crippen LogP contribution in [0.15, 0.2) is 48.5 Å². The van der Waals surface area contributed by atoms with Crippen LogP contribution in [0.2, 0.25) is 0 Å². The SMILES string of the molecule is CCOc1ccccc1CCC(=O)Nc1cccc(C(=O)OC)c1. The van der Waals surface area contributed by atoms with E-state index in [0.29, 0.717) is 30.7 Å². The van der Waals surface area contributed by atoms with Gasteiger partial charge in [-0.15, -0.1) is 0 Å². The second-order valence-corrected chi connectivity index (χ2v) is 5.16. The maximum atomic E-state index is 12.1. The van der Waals surface area contributed by atoms with Gasteiger partial charge in [0, 0.05) is 12.1 Å². The van der Waals surface area contributed by atoms with Crippen LogP contribution in [0.1, 0.15) is 29.3 Å². The number of anilines is 1. The Balaban J connectivity index is 1.96. The molecule has 0 aromatic heterocycles. The Labute approximate surface area is 141 Å². The van der Waals surface area contributed by atoms with Crippen molar-refractivity contribution >= 4 is 17.6 Å². The predicted octanol–water partition coefficient (Wildman–Crippen LogP) is 3.44. The van der Waals surface area contributed by atoms with E-state index < -0.39 is 5.97 Å². The first kappa shape index (κ1) is 17.5. The Bertz CT molecular complexity index is 712. The summed E-state index contributed by atoms with van der Waals surface area (Å²) in [5, 5.41) is 2.80. The smallest absolute Gasteiger partial charge is 0.337 e. The topological polar surface area (TPSA) is 64.6 Å². The lowest BCUT2D eigenvalue weighted by Crippen LogP contribution is -2.13. The molecule has 0 atom stereocenters. The summed E-state index contributed by atoms with van der Waals surface area (Å²) in [7, 11) is 1.32. The van der Waals surface area contributed by atoms with Crippen molar-refractivity contribution in [3.8, 4) is 5.75 Å². The second-order valence-electron chi connectivity index (χ2n) is 5.16. The molecule has 0 radical (unpaired) electrons. The molecule has 0 bridgehead atoms. The van der Waals surface area contributed by atoms with Gasteiger partial charge in [0.25, 0.3) is 0 Å². The van der Waals surface area contributed by atoms with Crippen molar-refractivity contribution in [2.45, 2.75) is 19.8 Å². The first-order chi connectivity index (χ1) is 11.6. The van der Waals surface area contributed by atoms with Gasteiger partial charge in [-0.1, -0.05) is 24.3 Å². The minimum absolute atomic E-state index is 0.122. The molecule has 5 heteroatoms. The maximum absolute atomic E-state index is 12.1. The Morgan fingerprint density at radius 1 is 1.08 bits per heavy atom. The van der Waals surface area contributed by atoms with Crippen LogP contribution < -0.4 is 10.1 Å². The molecule has 0 fully saturated rings. The number of benzene rings is 2. The van der Waals surface area contributed by atoms with Crippen molar-refractivity contribution < 1.29 is 19.1 Å². The van der Waals surface area contributed by atoms with Crippen LogP contribution in [0.25, 0.3) is 0 Å². The first-order valence-electron chi connectivity index (χ1n) is 7.83. The molecule has 126 valence electrons. The zero-order valence-corrected chi connectivity index (χ0v) is 13.9. The van der Waals surface area contributed by atoms with Crippen molar-refractivity contribution in [1.82, 2.24) is 0 Å². The van der Waals surface area contributed by atoms with Crippen LogP contribution >= 0.6 is 0 Å². The number of esters is 1. The van der Waals surface area contributed by atoms with E-state index in [2.05, 4.69) is 10.1 Å². The summed E-state index contributed by atoms with van der Waals surface area (Å²) in [5.74, 6) is 0.251. The molecule has 2 aromatic carbocycles. The third-order valence-electron chi connectivity index (χ3n) is 3.46. The normalized spacial score (nSPS) is 10.1. The molecule has 0 aliphatic heterocycles. The van der Waals surface area contributed by atoms with Crippen molar-refractivity contribution in [3.05, 3.63) is 59.7 Å². The Hall–Kier alpha value is -2.82. The molecule has 0 unspecified atom stereocenters. The maximum Gasteiger partial charge on any atom is 0.337 e. The van der Waals surface area contributed by atoms with Crippen LogP contribution in [0.3, 0.4) is 0 Å². The first-order valence-corrected chi connectivity index (χ1v) is 7.83. The average molecular weight is 327 g/mol. The molecular formula is C19H21NO4. The lowest BCUT2D eigenvalue weighted by atomic mass is 10.1. The number of ether oxygens (including phenoxy) is 2. The summed E-state index contributed by atoms with van der Waals surface area (Å²) in [6, 6.07) is 14.4. The van der Waals surface area contributed by atoms with Gasteiger partial charge in [0.1, 0.15) is 5.75 Å². The Morgan fingerprint density at radius 2 is 1.88 bits per heavy atom. The van der Waals surface area contributed by atoms with Crippen LogP contribution in [0, 0.1) is 0 Å². The fourth-order valence-corrected chi connectivity index (χ4v) is 2.32. The molecule has 2 rings (SSSR count). The van der Waals surface area contributed by atoms with E-state index >= 15 is 0 Å². The Kier molecular flexibility index (Phi) is 6.37. The highest BCUT2D eigenvalue weighted by Crippen LogP contribution is 2.20. The minimum Gasteiger partial charge on any atom is -0.494 e. The standard InChI is InChI=1S/C19H21NO4/c1-3-24-17-10-5-4-7-14(17)11-12-18(21)20-16-9-6-8-15(13-16)19(22)23-2/h4-10,13H,3,11-12H2,1-2H3,(H,20,21). The third-order valence-corrected chi connectivity index (χ3v) is 3.46. The number of carbonyl (C=O) groups is 2. The molecule has 1 N–H and O–H groups in total. The van der Waals surface area contributed by atoms with Gasteiger partial charge in [0.05, 0.1) is 19.3 Å². The van der Waals surface area contributed by atoms with Crippen molar-refractivity contribution in [2.75, 3.05) is 19.0 Å². The molecule has 0 spiro atoms. The van der Waals surface area contributed by atoms with Crippen molar-refractivity contribution in [2.24, 2.45) is 0 Å². The fraction of sp³-hybridized carbons (Fsp3) is 0.263. The van der Waals surface area contributed by atoms with E-state index in [1.165, 1.54) is 7.11 Å². The van der Waals surface area contributed by atoms with E-state index in [9.17, 15) is 9.59 Å². The van der Waals surface area contributed by atoms with Gasteiger partial charge in [-0.05, 0) is 43.2 Å². The summed E-state index contributed by atoms with van der Waals surface area (Å²) in [5.41, 5.74) is 1.97. The zero-order chi connectivity index (χ0) is 17.4. The number of hydrogen-bond acceptors (Lipinski definition) is 4. The molecule has 0 aliphatic rings. The van der Waals surface area contributed by atoms with Gasteiger partial charge in [0.2, 0.25) is 5.91 Å². The molecule has 2 aromatic rings. The number of aryl methyl sites for hydroxylation is 1. The number of rotatable bonds is 7. The van der Waals surface area contributed by atoms with Crippen molar-refractivity contribution in [1.29, 1.82) is 0 Å². The largest absolute Gasteiger partial charge is 0.494 e. The van der Waals surface area contributed by atoms with Gasteiger partial charge in [-0.2, -0.15) is 0 Å². The second kappa shape index (κ2) is 8.72. The molecule has 0 heterocycles. The lowest BCUT2D eigenvalue weighted by molar-refractivity contribution is -0.116. The van der Waals surface area contributed by atoms with Crippen LogP contribution in [-0.2, 0) is 16.0 Å². The minimum atomic E-state index is -0.434. The van der Waals surface area contributed by atoms with Gasteiger partial charge in [-0.25, -0.2) is 4.79 Å². The molecule has 24 heavy (non-hydrogen) atoms. The number of nitrogens with one attached hydrogen (secondary N) is 1. The van der Waals surface area contributed by atoms with Crippen LogP contribution in [0.5, 0.6) is 5.75 Å². The molecule has 0 saturated heterocycles. The quantitative estimate of drug-likeness (QED) is 0.791. The Morgan fingerprint density at radius 3 is 2.62 bits per heavy atom. The van der Waals surface area contributed by atoms with Crippen LogP contribution in [-0.4, -0.2) is 25.6 Å². The molecule has 1 amide bonds. The number of carbonyl (C=O) groups excluding carboxylic acids is 2. The molecule has 0 saturated carbocycles. The van der Waals surface area contributed by atoms with E-state index in [1.54, 1.807) is 24.3 Å². The van der Waals surface area contributed by atoms with E-state index in [1.807, 2.05) is 31.2 Å². The molecule has 0 aliphatic carbocycles. The monoisotopic (exact) mass is 327 g/mol. The highest BCUT2D eigenvalue weighted by atomic mass is 16.5. The van der Waals surface area contributed by atoms with E-state index in [0.717, 1.165) is 11.3 Å². The fourth-order valence-electron chi connectivity index (χ4n) is 2.32. The van der Waals surface area contributed by atoms with Gasteiger partial charge in [-0.3, -0.25) is 4.79 Å². The van der Waals surface area contributed by atoms with Crippen molar-refractivity contribution in [3.63, 3.8) is 0 Å². The highest BCUT2D eigenvalue weighted by Gasteiger charge is 2.09.